The third-order valence-electron chi connectivity index (χ3n) is 4.21. The molecule has 0 saturated heterocycles. The van der Waals surface area contributed by atoms with Crippen LogP contribution in [0.25, 0.3) is 22.6 Å². The fraction of sp³-hybridized carbons (Fsp3) is 0.389. The van der Waals surface area contributed by atoms with Crippen molar-refractivity contribution in [2.75, 3.05) is 13.7 Å². The second kappa shape index (κ2) is 7.25. The largest absolute Gasteiger partial charge is 0.383 e. The average molecular weight is 360 g/mol. The molecule has 0 atom stereocenters. The Morgan fingerprint density at radius 2 is 2.00 bits per heavy atom. The van der Waals surface area contributed by atoms with E-state index in [1.807, 2.05) is 13.8 Å². The van der Waals surface area contributed by atoms with Crippen molar-refractivity contribution in [3.8, 4) is 11.4 Å². The van der Waals surface area contributed by atoms with Crippen molar-refractivity contribution in [2.24, 2.45) is 0 Å². The lowest BCUT2D eigenvalue weighted by Crippen LogP contribution is -2.31. The van der Waals surface area contributed by atoms with Gasteiger partial charge in [-0.3, -0.25) is 14.3 Å². The number of rotatable bonds is 6. The Balaban J connectivity index is 2.40. The average Bonchev–Trinajstić information content (AvgIpc) is 2.98. The summed E-state index contributed by atoms with van der Waals surface area (Å²) in [7, 11) is 1.54. The number of imidazole rings is 1. The van der Waals surface area contributed by atoms with E-state index < -0.39 is 17.1 Å². The van der Waals surface area contributed by atoms with Crippen molar-refractivity contribution in [1.82, 2.24) is 19.1 Å². The topological polar surface area (TPSA) is 81.9 Å². The zero-order chi connectivity index (χ0) is 18.8. The minimum atomic E-state index is -0.541. The maximum atomic E-state index is 14.5. The molecule has 0 unspecified atom stereocenters. The fourth-order valence-electron chi connectivity index (χ4n) is 3.02. The number of hydrogen-bond donors (Lipinski definition) is 1. The van der Waals surface area contributed by atoms with Crippen LogP contribution in [-0.4, -0.2) is 32.8 Å². The van der Waals surface area contributed by atoms with Gasteiger partial charge < -0.3 is 9.30 Å². The summed E-state index contributed by atoms with van der Waals surface area (Å²) in [5, 5.41) is 0. The van der Waals surface area contributed by atoms with Gasteiger partial charge in [0.2, 0.25) is 0 Å². The first-order valence-corrected chi connectivity index (χ1v) is 8.46. The van der Waals surface area contributed by atoms with E-state index in [0.29, 0.717) is 31.9 Å². The van der Waals surface area contributed by atoms with Gasteiger partial charge in [0.15, 0.2) is 11.2 Å². The van der Waals surface area contributed by atoms with Crippen LogP contribution in [0.5, 0.6) is 0 Å². The first-order valence-electron chi connectivity index (χ1n) is 8.46. The van der Waals surface area contributed by atoms with Gasteiger partial charge in [-0.2, -0.15) is 0 Å². The highest BCUT2D eigenvalue weighted by atomic mass is 19.1. The van der Waals surface area contributed by atoms with E-state index in [-0.39, 0.29) is 16.7 Å². The maximum Gasteiger partial charge on any atom is 0.330 e. The molecular formula is C18H21FN4O3. The lowest BCUT2D eigenvalue weighted by Gasteiger charge is -2.09. The lowest BCUT2D eigenvalue weighted by atomic mass is 10.1. The van der Waals surface area contributed by atoms with Gasteiger partial charge in [0.1, 0.15) is 11.6 Å². The van der Waals surface area contributed by atoms with E-state index in [0.717, 1.165) is 5.56 Å². The number of aromatic amines is 1. The zero-order valence-electron chi connectivity index (χ0n) is 15.0. The molecule has 1 aromatic carbocycles. The number of aryl methyl sites for hydroxylation is 2. The highest BCUT2D eigenvalue weighted by Gasteiger charge is 2.21. The quantitative estimate of drug-likeness (QED) is 0.729. The van der Waals surface area contributed by atoms with Crippen molar-refractivity contribution in [2.45, 2.75) is 33.4 Å². The molecule has 8 heteroatoms. The van der Waals surface area contributed by atoms with Gasteiger partial charge >= 0.3 is 5.69 Å². The van der Waals surface area contributed by atoms with Crippen molar-refractivity contribution in [1.29, 1.82) is 0 Å². The van der Waals surface area contributed by atoms with Crippen molar-refractivity contribution >= 4 is 11.2 Å². The summed E-state index contributed by atoms with van der Waals surface area (Å²) in [4.78, 5) is 31.5. The number of nitrogens with zero attached hydrogens (tertiary/aromatic N) is 3. The van der Waals surface area contributed by atoms with Crippen molar-refractivity contribution in [3.63, 3.8) is 0 Å². The van der Waals surface area contributed by atoms with Crippen LogP contribution in [-0.2, 0) is 17.8 Å². The Bertz CT molecular complexity index is 1060. The van der Waals surface area contributed by atoms with Gasteiger partial charge in [-0.05, 0) is 25.5 Å². The van der Waals surface area contributed by atoms with Crippen LogP contribution in [0.3, 0.4) is 0 Å². The number of halogens is 1. The Kier molecular flexibility index (Phi) is 5.03. The van der Waals surface area contributed by atoms with Crippen LogP contribution in [0.1, 0.15) is 18.9 Å². The summed E-state index contributed by atoms with van der Waals surface area (Å²) in [5.74, 6) is -0.135. The second-order valence-corrected chi connectivity index (χ2v) is 6.15. The maximum absolute atomic E-state index is 14.5. The smallest absolute Gasteiger partial charge is 0.330 e. The molecule has 0 fully saturated rings. The molecule has 2 aromatic heterocycles. The van der Waals surface area contributed by atoms with Crippen LogP contribution in [0.2, 0.25) is 0 Å². The molecule has 138 valence electrons. The van der Waals surface area contributed by atoms with Crippen molar-refractivity contribution < 1.29 is 9.13 Å². The molecule has 0 spiro atoms. The minimum absolute atomic E-state index is 0.242. The summed E-state index contributed by atoms with van der Waals surface area (Å²) >= 11 is 0. The molecule has 2 heterocycles. The van der Waals surface area contributed by atoms with Crippen LogP contribution >= 0.6 is 0 Å². The third-order valence-corrected chi connectivity index (χ3v) is 4.21. The van der Waals surface area contributed by atoms with Crippen molar-refractivity contribution in [3.05, 3.63) is 50.4 Å². The fourth-order valence-corrected chi connectivity index (χ4v) is 3.02. The SMILES string of the molecule is CCCn1c(=O)[nH]c(=O)c2c1nc(-c1cc(C)ccc1F)n2CCOC. The van der Waals surface area contributed by atoms with Gasteiger partial charge in [-0.1, -0.05) is 18.6 Å². The summed E-state index contributed by atoms with van der Waals surface area (Å²) < 4.78 is 22.6. The first kappa shape index (κ1) is 18.1. The molecule has 0 amide bonds. The summed E-state index contributed by atoms with van der Waals surface area (Å²) in [6, 6.07) is 4.71. The number of aromatic nitrogens is 4. The standard InChI is InChI=1S/C18H21FN4O3/c1-4-7-23-16-14(17(24)21-18(23)25)22(8-9-26-3)15(20-16)12-10-11(2)5-6-13(12)19/h5-6,10H,4,7-9H2,1-3H3,(H,21,24,25). The summed E-state index contributed by atoms with van der Waals surface area (Å²) in [6.07, 6.45) is 0.695. The predicted molar refractivity (Wildman–Crippen MR) is 96.9 cm³/mol. The molecule has 0 aliphatic rings. The highest BCUT2D eigenvalue weighted by molar-refractivity contribution is 5.77. The Labute approximate surface area is 149 Å². The monoisotopic (exact) mass is 360 g/mol. The van der Waals surface area contributed by atoms with Gasteiger partial charge in [-0.25, -0.2) is 14.2 Å². The van der Waals surface area contributed by atoms with Crippen LogP contribution in [0.4, 0.5) is 4.39 Å². The third kappa shape index (κ3) is 3.08. The van der Waals surface area contributed by atoms with Gasteiger partial charge in [0.25, 0.3) is 5.56 Å². The molecule has 0 aliphatic heterocycles. The van der Waals surface area contributed by atoms with E-state index in [4.69, 9.17) is 4.74 Å². The van der Waals surface area contributed by atoms with E-state index >= 15 is 0 Å². The Morgan fingerprint density at radius 3 is 2.69 bits per heavy atom. The van der Waals surface area contributed by atoms with Gasteiger partial charge in [0, 0.05) is 20.2 Å². The number of ether oxygens (including phenoxy) is 1. The van der Waals surface area contributed by atoms with Gasteiger partial charge in [0.05, 0.1) is 12.2 Å². The predicted octanol–water partition coefficient (Wildman–Crippen LogP) is 2.06. The van der Waals surface area contributed by atoms with E-state index in [2.05, 4.69) is 9.97 Å². The van der Waals surface area contributed by atoms with Crippen LogP contribution < -0.4 is 11.2 Å². The molecule has 0 radical (unpaired) electrons. The number of nitrogens with one attached hydrogen (secondary N) is 1. The number of hydrogen-bond acceptors (Lipinski definition) is 4. The lowest BCUT2D eigenvalue weighted by molar-refractivity contribution is 0.188. The second-order valence-electron chi connectivity index (χ2n) is 6.15. The minimum Gasteiger partial charge on any atom is -0.383 e. The highest BCUT2D eigenvalue weighted by Crippen LogP contribution is 2.26. The number of benzene rings is 1. The number of fused-ring (bicyclic) bond motifs is 1. The first-order chi connectivity index (χ1) is 12.5. The molecular weight excluding hydrogens is 339 g/mol. The molecule has 0 bridgehead atoms. The number of H-pyrrole nitrogens is 1. The van der Waals surface area contributed by atoms with Crippen LogP contribution in [0.15, 0.2) is 27.8 Å². The van der Waals surface area contributed by atoms with E-state index in [1.165, 1.54) is 10.6 Å². The molecule has 3 aromatic rings. The van der Waals surface area contributed by atoms with Gasteiger partial charge in [-0.15, -0.1) is 0 Å². The Morgan fingerprint density at radius 1 is 1.23 bits per heavy atom. The molecule has 26 heavy (non-hydrogen) atoms. The summed E-state index contributed by atoms with van der Waals surface area (Å²) in [5.41, 5.74) is 0.592. The molecule has 1 N–H and O–H groups in total. The van der Waals surface area contributed by atoms with Crippen LogP contribution in [0, 0.1) is 12.7 Å². The zero-order valence-corrected chi connectivity index (χ0v) is 15.0. The molecule has 0 saturated carbocycles. The normalized spacial score (nSPS) is 11.4. The molecule has 7 nitrogen and oxygen atoms in total. The Hall–Kier alpha value is -2.74. The number of methoxy groups -OCH3 is 1. The molecule has 3 rings (SSSR count). The van der Waals surface area contributed by atoms with E-state index in [1.54, 1.807) is 23.8 Å². The molecule has 0 aliphatic carbocycles. The van der Waals surface area contributed by atoms with E-state index in [9.17, 15) is 14.0 Å². The summed E-state index contributed by atoms with van der Waals surface area (Å²) in [6.45, 7) is 4.81.